The second kappa shape index (κ2) is 9.00. The molecular weight excluding hydrogens is 480 g/mol. The van der Waals surface area contributed by atoms with Crippen LogP contribution in [0, 0.1) is 0 Å². The van der Waals surface area contributed by atoms with Crippen LogP contribution in [0.2, 0.25) is 0 Å². The van der Waals surface area contributed by atoms with E-state index in [1.165, 1.54) is 11.5 Å². The minimum atomic E-state index is -1.95. The number of ether oxygens (including phenoxy) is 2. The van der Waals surface area contributed by atoms with Gasteiger partial charge in [0.1, 0.15) is 6.61 Å². The summed E-state index contributed by atoms with van der Waals surface area (Å²) in [5.74, 6) is -1.67. The Morgan fingerprint density at radius 1 is 1.30 bits per heavy atom. The molecule has 4 heterocycles. The Morgan fingerprint density at radius 2 is 2.08 bits per heavy atom. The SMILES string of the molecule is CC[C@@]1(O)C(=O)OCc2c1cc1n(c2=O)C(CCC(=O)OCNC(C)=O)c2cc3cc(N)ccc3nc2-1. The van der Waals surface area contributed by atoms with Crippen molar-refractivity contribution in [3.63, 3.8) is 0 Å². The molecule has 0 saturated heterocycles. The number of nitrogens with two attached hydrogens (primary N) is 1. The average Bonchev–Trinajstić information content (AvgIpc) is 3.16. The first-order valence-electron chi connectivity index (χ1n) is 11.9. The van der Waals surface area contributed by atoms with Gasteiger partial charge in [0.25, 0.3) is 5.56 Å². The smallest absolute Gasteiger partial charge is 0.343 e. The Hall–Kier alpha value is -4.25. The number of nitrogens with one attached hydrogen (secondary N) is 1. The van der Waals surface area contributed by atoms with Crippen LogP contribution in [0.15, 0.2) is 35.1 Å². The topological polar surface area (TPSA) is 163 Å². The normalized spacial score (nSPS) is 19.5. The van der Waals surface area contributed by atoms with Crippen molar-refractivity contribution in [1.82, 2.24) is 14.9 Å². The monoisotopic (exact) mass is 506 g/mol. The number of fused-ring (bicyclic) bond motifs is 5. The van der Waals surface area contributed by atoms with Gasteiger partial charge in [-0.25, -0.2) is 9.78 Å². The van der Waals surface area contributed by atoms with Crippen LogP contribution in [0.3, 0.4) is 0 Å². The number of hydrogen-bond donors (Lipinski definition) is 3. The van der Waals surface area contributed by atoms with Crippen LogP contribution in [0.4, 0.5) is 5.69 Å². The highest BCUT2D eigenvalue weighted by Crippen LogP contribution is 2.44. The molecule has 4 N–H and O–H groups in total. The maximum absolute atomic E-state index is 13.8. The molecule has 3 aromatic rings. The van der Waals surface area contributed by atoms with Crippen LogP contribution in [0.25, 0.3) is 22.3 Å². The summed E-state index contributed by atoms with van der Waals surface area (Å²) in [5, 5.41) is 14.3. The first kappa shape index (κ1) is 24.4. The molecule has 0 fully saturated rings. The van der Waals surface area contributed by atoms with E-state index < -0.39 is 29.1 Å². The number of nitrogens with zero attached hydrogens (tertiary/aromatic N) is 2. The van der Waals surface area contributed by atoms with Crippen molar-refractivity contribution >= 4 is 34.4 Å². The molecule has 5 rings (SSSR count). The van der Waals surface area contributed by atoms with E-state index in [1.807, 2.05) is 6.07 Å². The van der Waals surface area contributed by atoms with Crippen molar-refractivity contribution < 1.29 is 29.0 Å². The van der Waals surface area contributed by atoms with E-state index >= 15 is 0 Å². The van der Waals surface area contributed by atoms with E-state index in [-0.39, 0.29) is 49.6 Å². The largest absolute Gasteiger partial charge is 0.458 e. The molecule has 2 atom stereocenters. The minimum absolute atomic E-state index is 0.0303. The van der Waals surface area contributed by atoms with E-state index in [4.69, 9.17) is 20.2 Å². The molecule has 2 aromatic heterocycles. The van der Waals surface area contributed by atoms with Crippen molar-refractivity contribution in [2.24, 2.45) is 0 Å². The van der Waals surface area contributed by atoms with Crippen LogP contribution in [0.1, 0.15) is 55.8 Å². The molecule has 0 radical (unpaired) electrons. The third kappa shape index (κ3) is 4.01. The van der Waals surface area contributed by atoms with Gasteiger partial charge in [0.2, 0.25) is 5.91 Å². The Morgan fingerprint density at radius 3 is 2.81 bits per heavy atom. The van der Waals surface area contributed by atoms with Gasteiger partial charge in [-0.05, 0) is 43.2 Å². The molecular formula is C26H26N4O7. The molecule has 192 valence electrons. The number of pyridine rings is 2. The summed E-state index contributed by atoms with van der Waals surface area (Å²) >= 11 is 0. The number of cyclic esters (lactones) is 1. The molecule has 11 nitrogen and oxygen atoms in total. The Bertz CT molecular complexity index is 1530. The fraction of sp³-hybridized carbons (Fsp3) is 0.346. The third-order valence-electron chi connectivity index (χ3n) is 6.94. The van der Waals surface area contributed by atoms with Gasteiger partial charge in [0.15, 0.2) is 12.3 Å². The summed E-state index contributed by atoms with van der Waals surface area (Å²) in [6.45, 7) is 2.45. The molecule has 11 heteroatoms. The number of nitrogen functional groups attached to an aromatic ring is 1. The number of amides is 1. The predicted octanol–water partition coefficient (Wildman–Crippen LogP) is 1.62. The quantitative estimate of drug-likeness (QED) is 0.256. The van der Waals surface area contributed by atoms with Crippen LogP contribution >= 0.6 is 0 Å². The molecule has 37 heavy (non-hydrogen) atoms. The molecule has 0 aliphatic carbocycles. The molecule has 1 aromatic carbocycles. The number of anilines is 1. The number of aromatic nitrogens is 2. The second-order valence-electron chi connectivity index (χ2n) is 9.21. The first-order valence-corrected chi connectivity index (χ1v) is 11.9. The summed E-state index contributed by atoms with van der Waals surface area (Å²) < 4.78 is 11.8. The highest BCUT2D eigenvalue weighted by atomic mass is 16.6. The lowest BCUT2D eigenvalue weighted by Gasteiger charge is -2.32. The van der Waals surface area contributed by atoms with Crippen molar-refractivity contribution in [1.29, 1.82) is 0 Å². The van der Waals surface area contributed by atoms with E-state index in [0.29, 0.717) is 28.2 Å². The van der Waals surface area contributed by atoms with E-state index in [2.05, 4.69) is 5.32 Å². The van der Waals surface area contributed by atoms with Gasteiger partial charge in [-0.1, -0.05) is 6.92 Å². The van der Waals surface area contributed by atoms with Gasteiger partial charge in [-0.3, -0.25) is 19.0 Å². The molecule has 2 aliphatic rings. The number of aliphatic hydroxyl groups is 1. The number of carbonyl (C=O) groups is 3. The van der Waals surface area contributed by atoms with E-state index in [0.717, 1.165) is 5.39 Å². The van der Waals surface area contributed by atoms with Crippen LogP contribution < -0.4 is 16.6 Å². The van der Waals surface area contributed by atoms with Gasteiger partial charge in [-0.2, -0.15) is 0 Å². The number of carbonyl (C=O) groups excluding carboxylic acids is 3. The van der Waals surface area contributed by atoms with Gasteiger partial charge < -0.3 is 25.6 Å². The molecule has 0 saturated carbocycles. The second-order valence-corrected chi connectivity index (χ2v) is 9.21. The highest BCUT2D eigenvalue weighted by Gasteiger charge is 2.46. The Balaban J connectivity index is 1.62. The summed E-state index contributed by atoms with van der Waals surface area (Å²) in [5.41, 5.74) is 6.88. The van der Waals surface area contributed by atoms with Crippen molar-refractivity contribution in [3.8, 4) is 11.4 Å². The molecule has 0 bridgehead atoms. The highest BCUT2D eigenvalue weighted by molar-refractivity contribution is 5.88. The lowest BCUT2D eigenvalue weighted by molar-refractivity contribution is -0.172. The van der Waals surface area contributed by atoms with Gasteiger partial charge in [-0.15, -0.1) is 0 Å². The fourth-order valence-electron chi connectivity index (χ4n) is 5.00. The number of benzene rings is 1. The Labute approximate surface area is 211 Å². The van der Waals surface area contributed by atoms with Gasteiger partial charge in [0, 0.05) is 35.5 Å². The summed E-state index contributed by atoms with van der Waals surface area (Å²) in [6.07, 6.45) is 0.211. The average molecular weight is 507 g/mol. The van der Waals surface area contributed by atoms with Crippen molar-refractivity contribution in [2.75, 3.05) is 12.5 Å². The number of hydrogen-bond acceptors (Lipinski definition) is 9. The van der Waals surface area contributed by atoms with Crippen LogP contribution in [0.5, 0.6) is 0 Å². The maximum Gasteiger partial charge on any atom is 0.343 e. The first-order chi connectivity index (χ1) is 17.6. The lowest BCUT2D eigenvalue weighted by Crippen LogP contribution is -2.44. The Kier molecular flexibility index (Phi) is 5.95. The summed E-state index contributed by atoms with van der Waals surface area (Å²) in [4.78, 5) is 54.4. The predicted molar refractivity (Wildman–Crippen MR) is 132 cm³/mol. The zero-order valence-electron chi connectivity index (χ0n) is 20.4. The van der Waals surface area contributed by atoms with Crippen molar-refractivity contribution in [3.05, 3.63) is 57.4 Å². The maximum atomic E-state index is 13.8. The molecule has 2 aliphatic heterocycles. The lowest BCUT2D eigenvalue weighted by atomic mass is 9.86. The van der Waals surface area contributed by atoms with Crippen LogP contribution in [-0.4, -0.2) is 39.2 Å². The standard InChI is InChI=1S/C26H26N4O7/c1-3-26(35)18-10-21-23-16(9-14-8-15(27)4-5-19(14)29-23)20(6-7-22(32)37-12-28-13(2)31)30(21)24(33)17(18)11-36-25(26)34/h4-5,8-10,20,35H,3,6-7,11-12,27H2,1-2H3,(H,28,31)/t20?,26-/m0/s1. The zero-order valence-corrected chi connectivity index (χ0v) is 20.4. The fourth-order valence-corrected chi connectivity index (χ4v) is 5.00. The molecule has 0 spiro atoms. The number of esters is 2. The number of rotatable bonds is 6. The van der Waals surface area contributed by atoms with E-state index in [9.17, 15) is 24.3 Å². The summed E-state index contributed by atoms with van der Waals surface area (Å²) in [7, 11) is 0. The molecule has 1 amide bonds. The molecule has 1 unspecified atom stereocenters. The minimum Gasteiger partial charge on any atom is -0.458 e. The zero-order chi connectivity index (χ0) is 26.5. The summed E-state index contributed by atoms with van der Waals surface area (Å²) in [6, 6.07) is 8.23. The van der Waals surface area contributed by atoms with E-state index in [1.54, 1.807) is 31.2 Å². The van der Waals surface area contributed by atoms with Crippen LogP contribution in [-0.2, 0) is 36.1 Å². The van der Waals surface area contributed by atoms with Gasteiger partial charge in [0.05, 0.1) is 28.5 Å². The van der Waals surface area contributed by atoms with Crippen molar-refractivity contribution in [2.45, 2.75) is 51.4 Å². The van der Waals surface area contributed by atoms with Gasteiger partial charge >= 0.3 is 11.9 Å². The third-order valence-corrected chi connectivity index (χ3v) is 6.94.